The second kappa shape index (κ2) is 6.91. The minimum atomic E-state index is -0.0226. The van der Waals surface area contributed by atoms with Gasteiger partial charge in [-0.05, 0) is 12.1 Å². The van der Waals surface area contributed by atoms with Gasteiger partial charge in [-0.25, -0.2) is 4.98 Å². The lowest BCUT2D eigenvalue weighted by molar-refractivity contribution is 0.119. The lowest BCUT2D eigenvalue weighted by atomic mass is 10.2. The van der Waals surface area contributed by atoms with Gasteiger partial charge in [-0.2, -0.15) is 0 Å². The van der Waals surface area contributed by atoms with Gasteiger partial charge in [0.25, 0.3) is 0 Å². The van der Waals surface area contributed by atoms with Crippen molar-refractivity contribution in [3.05, 3.63) is 48.9 Å². The molecule has 1 aromatic heterocycles. The van der Waals surface area contributed by atoms with E-state index in [0.717, 1.165) is 45.2 Å². The van der Waals surface area contributed by atoms with E-state index in [1.54, 1.807) is 6.08 Å². The maximum Gasteiger partial charge on any atom is 0.133 e. The Morgan fingerprint density at radius 3 is 2.82 bits per heavy atom. The zero-order chi connectivity index (χ0) is 15.4. The molecule has 2 aliphatic rings. The van der Waals surface area contributed by atoms with Crippen LogP contribution in [0, 0.1) is 0 Å². The molecule has 118 valence electrons. The number of hydrogen-bond acceptors (Lipinski definition) is 6. The van der Waals surface area contributed by atoms with E-state index in [1.807, 2.05) is 24.4 Å². The Morgan fingerprint density at radius 1 is 1.32 bits per heavy atom. The van der Waals surface area contributed by atoms with E-state index >= 15 is 0 Å². The van der Waals surface area contributed by atoms with Crippen LogP contribution in [0.1, 0.15) is 0 Å². The van der Waals surface area contributed by atoms with Crippen LogP contribution in [0.2, 0.25) is 0 Å². The van der Waals surface area contributed by atoms with Crippen molar-refractivity contribution in [2.45, 2.75) is 6.17 Å². The molecule has 1 aromatic rings. The van der Waals surface area contributed by atoms with Crippen LogP contribution in [0.15, 0.2) is 48.9 Å². The minimum absolute atomic E-state index is 0.0226. The zero-order valence-corrected chi connectivity index (χ0v) is 12.9. The Bertz CT molecular complexity index is 521. The highest BCUT2D eigenvalue weighted by Crippen LogP contribution is 2.15. The highest BCUT2D eigenvalue weighted by Gasteiger charge is 2.22. The molecular weight excluding hydrogens is 276 g/mol. The van der Waals surface area contributed by atoms with E-state index in [1.165, 1.54) is 5.70 Å². The molecule has 6 nitrogen and oxygen atoms in total. The topological polar surface area (TPSA) is 60.7 Å². The van der Waals surface area contributed by atoms with E-state index in [4.69, 9.17) is 5.73 Å². The highest BCUT2D eigenvalue weighted by atomic mass is 15.3. The van der Waals surface area contributed by atoms with Crippen molar-refractivity contribution in [3.63, 3.8) is 0 Å². The van der Waals surface area contributed by atoms with Crippen molar-refractivity contribution in [2.24, 2.45) is 5.73 Å². The van der Waals surface area contributed by atoms with Crippen molar-refractivity contribution >= 4 is 5.82 Å². The summed E-state index contributed by atoms with van der Waals surface area (Å²) in [4.78, 5) is 11.2. The van der Waals surface area contributed by atoms with Crippen molar-refractivity contribution < 1.29 is 0 Å². The highest BCUT2D eigenvalue weighted by molar-refractivity contribution is 5.44. The molecule has 0 bridgehead atoms. The van der Waals surface area contributed by atoms with Crippen LogP contribution in [-0.4, -0.2) is 60.3 Å². The van der Waals surface area contributed by atoms with Gasteiger partial charge < -0.3 is 16.0 Å². The molecule has 0 amide bonds. The molecule has 3 heterocycles. The number of nitrogens with zero attached hydrogens (tertiary/aromatic N) is 4. The quantitative estimate of drug-likeness (QED) is 0.767. The van der Waals surface area contributed by atoms with Gasteiger partial charge in [0, 0.05) is 50.8 Å². The maximum atomic E-state index is 5.99. The lowest BCUT2D eigenvalue weighted by Crippen LogP contribution is -2.53. The predicted octanol–water partition coefficient (Wildman–Crippen LogP) is 0.379. The van der Waals surface area contributed by atoms with Crippen LogP contribution >= 0.6 is 0 Å². The summed E-state index contributed by atoms with van der Waals surface area (Å²) in [6, 6.07) is 5.97. The molecule has 0 aromatic carbocycles. The SMILES string of the molecule is C=CC(N)N1CCN(CC2=CN(c3ccccn3)CN2)CC1. The fourth-order valence-electron chi connectivity index (χ4n) is 2.84. The Labute approximate surface area is 131 Å². The van der Waals surface area contributed by atoms with E-state index in [0.29, 0.717) is 0 Å². The van der Waals surface area contributed by atoms with Crippen LogP contribution in [0.5, 0.6) is 0 Å². The minimum Gasteiger partial charge on any atom is -0.369 e. The molecule has 2 aliphatic heterocycles. The second-order valence-corrected chi connectivity index (χ2v) is 5.69. The smallest absolute Gasteiger partial charge is 0.133 e. The third-order valence-corrected chi connectivity index (χ3v) is 4.20. The molecule has 1 fully saturated rings. The summed E-state index contributed by atoms with van der Waals surface area (Å²) in [6.45, 7) is 9.54. The summed E-state index contributed by atoms with van der Waals surface area (Å²) in [5.41, 5.74) is 7.23. The summed E-state index contributed by atoms with van der Waals surface area (Å²) in [5.74, 6) is 0.978. The Balaban J connectivity index is 1.51. The van der Waals surface area contributed by atoms with Gasteiger partial charge in [0.05, 0.1) is 12.8 Å². The first-order valence-electron chi connectivity index (χ1n) is 7.73. The first kappa shape index (κ1) is 15.0. The normalized spacial score (nSPS) is 21.3. The first-order chi connectivity index (χ1) is 10.8. The van der Waals surface area contributed by atoms with Gasteiger partial charge in [0.1, 0.15) is 5.82 Å². The van der Waals surface area contributed by atoms with Gasteiger partial charge in [0.15, 0.2) is 0 Å². The number of aromatic nitrogens is 1. The average molecular weight is 300 g/mol. The van der Waals surface area contributed by atoms with Gasteiger partial charge in [-0.1, -0.05) is 12.1 Å². The van der Waals surface area contributed by atoms with Gasteiger partial charge in [0.2, 0.25) is 0 Å². The Morgan fingerprint density at radius 2 is 2.14 bits per heavy atom. The Hall–Kier alpha value is -1.89. The fourth-order valence-corrected chi connectivity index (χ4v) is 2.84. The van der Waals surface area contributed by atoms with Crippen molar-refractivity contribution in [1.82, 2.24) is 20.1 Å². The molecule has 3 N–H and O–H groups in total. The molecule has 0 radical (unpaired) electrons. The zero-order valence-electron chi connectivity index (χ0n) is 12.9. The number of nitrogens with one attached hydrogen (secondary N) is 1. The molecule has 0 spiro atoms. The number of piperazine rings is 1. The second-order valence-electron chi connectivity index (χ2n) is 5.69. The summed E-state index contributed by atoms with van der Waals surface area (Å²) in [5, 5.41) is 3.45. The van der Waals surface area contributed by atoms with Crippen LogP contribution in [-0.2, 0) is 0 Å². The summed E-state index contributed by atoms with van der Waals surface area (Å²) in [6.07, 6.45) is 5.76. The molecule has 22 heavy (non-hydrogen) atoms. The fraction of sp³-hybridized carbons (Fsp3) is 0.438. The molecule has 3 rings (SSSR count). The molecule has 0 aliphatic carbocycles. The summed E-state index contributed by atoms with van der Waals surface area (Å²) < 4.78 is 0. The third kappa shape index (κ3) is 3.47. The molecule has 1 saturated heterocycles. The lowest BCUT2D eigenvalue weighted by Gasteiger charge is -2.36. The monoisotopic (exact) mass is 300 g/mol. The number of pyridine rings is 1. The molecule has 0 saturated carbocycles. The molecular formula is C16H24N6. The molecule has 6 heteroatoms. The van der Waals surface area contributed by atoms with E-state index < -0.39 is 0 Å². The van der Waals surface area contributed by atoms with Crippen LogP contribution in [0.25, 0.3) is 0 Å². The summed E-state index contributed by atoms with van der Waals surface area (Å²) >= 11 is 0. The molecule has 1 atom stereocenters. The van der Waals surface area contributed by atoms with Gasteiger partial charge >= 0.3 is 0 Å². The maximum absolute atomic E-state index is 5.99. The van der Waals surface area contributed by atoms with Gasteiger partial charge in [-0.3, -0.25) is 9.80 Å². The summed E-state index contributed by atoms with van der Waals surface area (Å²) in [7, 11) is 0. The number of anilines is 1. The van der Waals surface area contributed by atoms with E-state index in [9.17, 15) is 0 Å². The standard InChI is InChI=1S/C16H24N6/c1-2-15(17)21-9-7-20(8-10-21)11-14-12-22(13-19-14)16-5-3-4-6-18-16/h2-6,12,15,19H,1,7-11,13,17H2. The van der Waals surface area contributed by atoms with Crippen molar-refractivity contribution in [3.8, 4) is 0 Å². The van der Waals surface area contributed by atoms with Gasteiger partial charge in [-0.15, -0.1) is 6.58 Å². The largest absolute Gasteiger partial charge is 0.369 e. The third-order valence-electron chi connectivity index (χ3n) is 4.20. The van der Waals surface area contributed by atoms with Crippen LogP contribution in [0.3, 0.4) is 0 Å². The number of rotatable bonds is 5. The first-order valence-corrected chi connectivity index (χ1v) is 7.73. The number of nitrogens with two attached hydrogens (primary N) is 1. The predicted molar refractivity (Wildman–Crippen MR) is 89.0 cm³/mol. The van der Waals surface area contributed by atoms with Crippen LogP contribution < -0.4 is 16.0 Å². The van der Waals surface area contributed by atoms with Crippen molar-refractivity contribution in [1.29, 1.82) is 0 Å². The Kier molecular flexibility index (Phi) is 4.72. The van der Waals surface area contributed by atoms with E-state index in [-0.39, 0.29) is 6.17 Å². The van der Waals surface area contributed by atoms with Crippen LogP contribution in [0.4, 0.5) is 5.82 Å². The van der Waals surface area contributed by atoms with Crippen molar-refractivity contribution in [2.75, 3.05) is 44.3 Å². The van der Waals surface area contributed by atoms with E-state index in [2.05, 4.69) is 37.8 Å². The number of hydrogen-bond donors (Lipinski definition) is 2. The average Bonchev–Trinajstić information content (AvgIpc) is 3.04. The molecule has 1 unspecified atom stereocenters.